The highest BCUT2D eigenvalue weighted by molar-refractivity contribution is 7.80. The van der Waals surface area contributed by atoms with Crippen LogP contribution >= 0.6 is 12.2 Å². The van der Waals surface area contributed by atoms with Crippen LogP contribution in [0.1, 0.15) is 13.8 Å². The zero-order valence-corrected chi connectivity index (χ0v) is 8.71. The van der Waals surface area contributed by atoms with Crippen LogP contribution in [0.25, 0.3) is 0 Å². The lowest BCUT2D eigenvalue weighted by atomic mass is 10.1. The summed E-state index contributed by atoms with van der Waals surface area (Å²) in [5, 5.41) is 2.56. The summed E-state index contributed by atoms with van der Waals surface area (Å²) in [6, 6.07) is 0. The number of alkyl halides is 3. The Hall–Kier alpha value is -0.360. The molecule has 0 aliphatic carbocycles. The van der Waals surface area contributed by atoms with E-state index < -0.39 is 18.4 Å². The van der Waals surface area contributed by atoms with E-state index in [0.29, 0.717) is 4.99 Å². The summed E-state index contributed by atoms with van der Waals surface area (Å²) in [6.07, 6.45) is -6.71. The number of ether oxygens (including phenoxy) is 1. The molecule has 1 rings (SSSR count). The molecule has 0 bridgehead atoms. The van der Waals surface area contributed by atoms with Crippen LogP contribution in [-0.2, 0) is 4.74 Å². The van der Waals surface area contributed by atoms with Gasteiger partial charge in [-0.3, -0.25) is 0 Å². The Morgan fingerprint density at radius 2 is 2.07 bits per heavy atom. The lowest BCUT2D eigenvalue weighted by Gasteiger charge is -2.34. The summed E-state index contributed by atoms with van der Waals surface area (Å²) in [7, 11) is 0. The number of nitrogens with one attached hydrogen (secondary N) is 1. The van der Waals surface area contributed by atoms with Crippen LogP contribution in [0.5, 0.6) is 0 Å². The van der Waals surface area contributed by atoms with Crippen LogP contribution in [0.4, 0.5) is 13.2 Å². The molecule has 82 valence electrons. The SMILES string of the molecule is CC(C)[C@@H]1O[C@@H](C(F)(F)F)CNC1=S. The minimum atomic E-state index is -4.32. The van der Waals surface area contributed by atoms with Gasteiger partial charge in [0.25, 0.3) is 0 Å². The van der Waals surface area contributed by atoms with Crippen molar-refractivity contribution in [2.75, 3.05) is 6.54 Å². The monoisotopic (exact) mass is 227 g/mol. The molecule has 6 heteroatoms. The van der Waals surface area contributed by atoms with Gasteiger partial charge in [0.2, 0.25) is 0 Å². The highest BCUT2D eigenvalue weighted by atomic mass is 32.1. The molecule has 1 N–H and O–H groups in total. The predicted octanol–water partition coefficient (Wildman–Crippen LogP) is 1.89. The lowest BCUT2D eigenvalue weighted by molar-refractivity contribution is -0.231. The molecule has 0 radical (unpaired) electrons. The molecule has 0 saturated carbocycles. The van der Waals surface area contributed by atoms with Crippen LogP contribution in [0.15, 0.2) is 0 Å². The van der Waals surface area contributed by atoms with Crippen molar-refractivity contribution in [3.8, 4) is 0 Å². The van der Waals surface area contributed by atoms with Gasteiger partial charge in [-0.25, -0.2) is 0 Å². The van der Waals surface area contributed by atoms with E-state index in [9.17, 15) is 13.2 Å². The van der Waals surface area contributed by atoms with Crippen LogP contribution in [0, 0.1) is 5.92 Å². The third kappa shape index (κ3) is 2.57. The Bertz CT molecular complexity index is 229. The first kappa shape index (κ1) is 11.7. The average Bonchev–Trinajstić information content (AvgIpc) is 2.02. The Kier molecular flexibility index (Phi) is 3.36. The fourth-order valence-corrected chi connectivity index (χ4v) is 1.64. The van der Waals surface area contributed by atoms with Crippen molar-refractivity contribution < 1.29 is 17.9 Å². The van der Waals surface area contributed by atoms with Crippen LogP contribution in [0.2, 0.25) is 0 Å². The van der Waals surface area contributed by atoms with Gasteiger partial charge in [0.1, 0.15) is 11.1 Å². The first-order valence-electron chi connectivity index (χ1n) is 4.32. The number of halogens is 3. The van der Waals surface area contributed by atoms with E-state index in [2.05, 4.69) is 5.32 Å². The summed E-state index contributed by atoms with van der Waals surface area (Å²) in [5.74, 6) is -0.0554. The molecule has 0 aromatic rings. The number of morpholine rings is 1. The fourth-order valence-electron chi connectivity index (χ4n) is 1.23. The topological polar surface area (TPSA) is 21.3 Å². The standard InChI is InChI=1S/C8H12F3NOS/c1-4(2)6-7(14)12-3-5(13-6)8(9,10)11/h4-6H,3H2,1-2H3,(H,12,14)/t5-,6+/m1/s1. The van der Waals surface area contributed by atoms with Crippen molar-refractivity contribution >= 4 is 17.2 Å². The smallest absolute Gasteiger partial charge is 0.375 e. The summed E-state index contributed by atoms with van der Waals surface area (Å²) < 4.78 is 41.8. The molecule has 0 unspecified atom stereocenters. The van der Waals surface area contributed by atoms with Crippen LogP contribution in [0.3, 0.4) is 0 Å². The quantitative estimate of drug-likeness (QED) is 0.691. The first-order valence-corrected chi connectivity index (χ1v) is 4.73. The van der Waals surface area contributed by atoms with Crippen molar-refractivity contribution in [3.63, 3.8) is 0 Å². The summed E-state index contributed by atoms with van der Waals surface area (Å²) >= 11 is 4.88. The Labute approximate surface area is 85.8 Å². The Morgan fingerprint density at radius 3 is 2.50 bits per heavy atom. The summed E-state index contributed by atoms with van der Waals surface area (Å²) in [6.45, 7) is 3.26. The molecule has 0 spiro atoms. The molecular weight excluding hydrogens is 215 g/mol. The third-order valence-corrected chi connectivity index (χ3v) is 2.38. The maximum absolute atomic E-state index is 12.3. The predicted molar refractivity (Wildman–Crippen MR) is 50.2 cm³/mol. The van der Waals surface area contributed by atoms with E-state index in [1.165, 1.54) is 0 Å². The molecule has 1 heterocycles. The second-order valence-corrected chi connectivity index (χ2v) is 4.02. The second kappa shape index (κ2) is 4.02. The number of rotatable bonds is 1. The van der Waals surface area contributed by atoms with Gasteiger partial charge in [-0.2, -0.15) is 13.2 Å². The van der Waals surface area contributed by atoms with E-state index in [4.69, 9.17) is 17.0 Å². The summed E-state index contributed by atoms with van der Waals surface area (Å²) in [4.78, 5) is 0.362. The van der Waals surface area contributed by atoms with Gasteiger partial charge in [0.05, 0.1) is 6.54 Å². The normalized spacial score (nSPS) is 29.1. The molecule has 2 atom stereocenters. The largest absolute Gasteiger partial charge is 0.416 e. The van der Waals surface area contributed by atoms with Gasteiger partial charge < -0.3 is 10.1 Å². The fraction of sp³-hybridized carbons (Fsp3) is 0.875. The molecule has 0 aromatic carbocycles. The van der Waals surface area contributed by atoms with Gasteiger partial charge in [-0.1, -0.05) is 26.1 Å². The van der Waals surface area contributed by atoms with Crippen molar-refractivity contribution in [2.24, 2.45) is 5.92 Å². The van der Waals surface area contributed by atoms with Crippen molar-refractivity contribution in [1.29, 1.82) is 0 Å². The summed E-state index contributed by atoms with van der Waals surface area (Å²) in [5.41, 5.74) is 0. The highest BCUT2D eigenvalue weighted by Gasteiger charge is 2.45. The van der Waals surface area contributed by atoms with E-state index in [-0.39, 0.29) is 12.5 Å². The van der Waals surface area contributed by atoms with Crippen LogP contribution in [-0.4, -0.2) is 29.9 Å². The second-order valence-electron chi connectivity index (χ2n) is 3.58. The third-order valence-electron chi connectivity index (χ3n) is 2.00. The van der Waals surface area contributed by atoms with Gasteiger partial charge in [-0.15, -0.1) is 0 Å². The van der Waals surface area contributed by atoms with Crippen molar-refractivity contribution in [1.82, 2.24) is 5.32 Å². The zero-order valence-electron chi connectivity index (χ0n) is 7.89. The molecule has 2 nitrogen and oxygen atoms in total. The molecule has 1 aliphatic rings. The highest BCUT2D eigenvalue weighted by Crippen LogP contribution is 2.27. The molecule has 0 aromatic heterocycles. The van der Waals surface area contributed by atoms with Crippen molar-refractivity contribution in [2.45, 2.75) is 32.2 Å². The van der Waals surface area contributed by atoms with E-state index in [1.54, 1.807) is 13.8 Å². The molecule has 14 heavy (non-hydrogen) atoms. The number of hydrogen-bond acceptors (Lipinski definition) is 2. The van der Waals surface area contributed by atoms with E-state index in [0.717, 1.165) is 0 Å². The maximum Gasteiger partial charge on any atom is 0.416 e. The van der Waals surface area contributed by atoms with E-state index >= 15 is 0 Å². The minimum Gasteiger partial charge on any atom is -0.375 e. The minimum absolute atomic E-state index is 0.0554. The molecule has 0 amide bonds. The average molecular weight is 227 g/mol. The molecule has 1 fully saturated rings. The van der Waals surface area contributed by atoms with Gasteiger partial charge in [-0.05, 0) is 5.92 Å². The number of thiocarbonyl (C=S) groups is 1. The molecule has 1 aliphatic heterocycles. The maximum atomic E-state index is 12.3. The van der Waals surface area contributed by atoms with Gasteiger partial charge in [0, 0.05) is 0 Å². The Balaban J connectivity index is 2.67. The van der Waals surface area contributed by atoms with Crippen LogP contribution < -0.4 is 5.32 Å². The Morgan fingerprint density at radius 1 is 1.50 bits per heavy atom. The first-order chi connectivity index (χ1) is 6.32. The number of hydrogen-bond donors (Lipinski definition) is 1. The van der Waals surface area contributed by atoms with E-state index in [1.807, 2.05) is 0 Å². The van der Waals surface area contributed by atoms with Gasteiger partial charge in [0.15, 0.2) is 6.10 Å². The lowest BCUT2D eigenvalue weighted by Crippen LogP contribution is -2.55. The zero-order chi connectivity index (χ0) is 10.9. The van der Waals surface area contributed by atoms with Gasteiger partial charge >= 0.3 is 6.18 Å². The molecule has 1 saturated heterocycles. The van der Waals surface area contributed by atoms with Crippen molar-refractivity contribution in [3.05, 3.63) is 0 Å². The molecular formula is C8H12F3NOS.